The van der Waals surface area contributed by atoms with E-state index < -0.39 is 0 Å². The molecule has 1 spiro atoms. The van der Waals surface area contributed by atoms with Crippen LogP contribution in [0.4, 0.5) is 4.39 Å². The van der Waals surface area contributed by atoms with Crippen LogP contribution in [-0.4, -0.2) is 36.3 Å². The Morgan fingerprint density at radius 3 is 2.35 bits per heavy atom. The van der Waals surface area contributed by atoms with Gasteiger partial charge in [0, 0.05) is 32.0 Å². The zero-order chi connectivity index (χ0) is 21.4. The molecule has 3 aliphatic rings. The van der Waals surface area contributed by atoms with E-state index >= 15 is 0 Å². The quantitative estimate of drug-likeness (QED) is 0.805. The number of benzene rings is 2. The fraction of sp³-hybridized carbons (Fsp3) is 0.462. The van der Waals surface area contributed by atoms with E-state index in [-0.39, 0.29) is 34.9 Å². The predicted octanol–water partition coefficient (Wildman–Crippen LogP) is 4.23. The van der Waals surface area contributed by atoms with Crippen LogP contribution in [0.1, 0.15) is 55.1 Å². The molecule has 0 aromatic heterocycles. The highest BCUT2D eigenvalue weighted by atomic mass is 19.1. The van der Waals surface area contributed by atoms with Crippen molar-refractivity contribution in [2.24, 2.45) is 11.3 Å². The number of piperidine rings is 2. The average molecular weight is 421 g/mol. The van der Waals surface area contributed by atoms with Crippen LogP contribution in [0, 0.1) is 17.2 Å². The lowest BCUT2D eigenvalue weighted by atomic mass is 9.62. The number of carbonyl (C=O) groups is 2. The van der Waals surface area contributed by atoms with Crippen molar-refractivity contribution < 1.29 is 14.0 Å². The van der Waals surface area contributed by atoms with Crippen molar-refractivity contribution in [3.8, 4) is 0 Å². The van der Waals surface area contributed by atoms with Crippen LogP contribution >= 0.6 is 0 Å². The molecule has 2 aromatic rings. The van der Waals surface area contributed by atoms with E-state index in [1.807, 2.05) is 35.2 Å². The molecule has 3 fully saturated rings. The van der Waals surface area contributed by atoms with Crippen molar-refractivity contribution in [2.75, 3.05) is 19.6 Å². The second kappa shape index (κ2) is 8.10. The molecule has 31 heavy (non-hydrogen) atoms. The van der Waals surface area contributed by atoms with E-state index in [1.165, 1.54) is 12.1 Å². The Balaban J connectivity index is 1.34. The van der Waals surface area contributed by atoms with Gasteiger partial charge in [-0.3, -0.25) is 9.59 Å². The summed E-state index contributed by atoms with van der Waals surface area (Å²) in [7, 11) is 0. The lowest BCUT2D eigenvalue weighted by Crippen LogP contribution is -2.53. The minimum Gasteiger partial charge on any atom is -0.355 e. The highest BCUT2D eigenvalue weighted by Gasteiger charge is 2.48. The molecule has 0 unspecified atom stereocenters. The number of amides is 2. The van der Waals surface area contributed by atoms with Crippen LogP contribution < -0.4 is 5.32 Å². The van der Waals surface area contributed by atoms with Crippen LogP contribution in [0.3, 0.4) is 0 Å². The van der Waals surface area contributed by atoms with E-state index in [0.29, 0.717) is 32.0 Å². The first-order valence-electron chi connectivity index (χ1n) is 11.4. The first-order chi connectivity index (χ1) is 15.1. The lowest BCUT2D eigenvalue weighted by molar-refractivity contribution is -0.137. The third-order valence-electron chi connectivity index (χ3n) is 7.62. The molecule has 2 atom stereocenters. The summed E-state index contributed by atoms with van der Waals surface area (Å²) < 4.78 is 13.5. The first-order valence-corrected chi connectivity index (χ1v) is 11.4. The van der Waals surface area contributed by atoms with Gasteiger partial charge in [-0.15, -0.1) is 0 Å². The molecule has 2 saturated heterocycles. The number of carbonyl (C=O) groups excluding carboxylic acids is 2. The number of nitrogens with one attached hydrogen (secondary N) is 1. The molecular formula is C26H29FN2O2. The van der Waals surface area contributed by atoms with Crippen molar-refractivity contribution in [1.29, 1.82) is 0 Å². The summed E-state index contributed by atoms with van der Waals surface area (Å²) >= 11 is 0. The summed E-state index contributed by atoms with van der Waals surface area (Å²) in [4.78, 5) is 27.9. The molecule has 5 heteroatoms. The van der Waals surface area contributed by atoms with Gasteiger partial charge < -0.3 is 10.2 Å². The van der Waals surface area contributed by atoms with Gasteiger partial charge in [0.2, 0.25) is 11.8 Å². The van der Waals surface area contributed by atoms with Gasteiger partial charge in [-0.25, -0.2) is 4.39 Å². The Morgan fingerprint density at radius 1 is 1.03 bits per heavy atom. The van der Waals surface area contributed by atoms with Gasteiger partial charge in [0.15, 0.2) is 0 Å². The second-order valence-corrected chi connectivity index (χ2v) is 9.50. The van der Waals surface area contributed by atoms with E-state index in [4.69, 9.17) is 0 Å². The summed E-state index contributed by atoms with van der Waals surface area (Å²) in [5.74, 6) is 0.637. The van der Waals surface area contributed by atoms with Crippen molar-refractivity contribution in [3.05, 3.63) is 71.5 Å². The molecule has 1 N–H and O–H groups in total. The van der Waals surface area contributed by atoms with Gasteiger partial charge in [0.25, 0.3) is 0 Å². The van der Waals surface area contributed by atoms with Crippen LogP contribution in [0.25, 0.3) is 0 Å². The molecule has 4 nitrogen and oxygen atoms in total. The van der Waals surface area contributed by atoms with Gasteiger partial charge in [-0.2, -0.15) is 0 Å². The predicted molar refractivity (Wildman–Crippen MR) is 117 cm³/mol. The number of hydrogen-bond acceptors (Lipinski definition) is 2. The van der Waals surface area contributed by atoms with Crippen molar-refractivity contribution in [3.63, 3.8) is 0 Å². The molecule has 0 radical (unpaired) electrons. The molecule has 5 rings (SSSR count). The van der Waals surface area contributed by atoms with Crippen molar-refractivity contribution >= 4 is 11.8 Å². The van der Waals surface area contributed by atoms with Crippen molar-refractivity contribution in [2.45, 2.75) is 43.9 Å². The van der Waals surface area contributed by atoms with Gasteiger partial charge >= 0.3 is 0 Å². The van der Waals surface area contributed by atoms with Crippen LogP contribution in [0.5, 0.6) is 0 Å². The number of halogens is 1. The maximum absolute atomic E-state index is 13.5. The lowest BCUT2D eigenvalue weighted by Gasteiger charge is -2.49. The second-order valence-electron chi connectivity index (χ2n) is 9.50. The zero-order valence-corrected chi connectivity index (χ0v) is 17.7. The van der Waals surface area contributed by atoms with Crippen LogP contribution in [0.2, 0.25) is 0 Å². The van der Waals surface area contributed by atoms with Crippen molar-refractivity contribution in [1.82, 2.24) is 10.2 Å². The number of rotatable bonds is 4. The topological polar surface area (TPSA) is 49.4 Å². The standard InChI is InChI=1S/C26H29FN2O2/c27-21-10-8-18(9-11-21)22-17-28-23(30)16-26(22)12-14-29(15-13-26)25(31)24(20-6-7-20)19-4-2-1-3-5-19/h1-5,8-11,20,22,24H,6-7,12-17H2,(H,28,30)/t22-,24+/m0/s1. The molecular weight excluding hydrogens is 391 g/mol. The molecule has 1 aliphatic carbocycles. The van der Waals surface area contributed by atoms with E-state index in [2.05, 4.69) is 17.4 Å². The third kappa shape index (κ3) is 3.98. The van der Waals surface area contributed by atoms with Gasteiger partial charge in [-0.1, -0.05) is 42.5 Å². The SMILES string of the molecule is O=C1CC2(CCN(C(=O)[C@H](c3ccccc3)C3CC3)CC2)[C@H](c2ccc(F)cc2)CN1. The number of likely N-dealkylation sites (tertiary alicyclic amines) is 1. The monoisotopic (exact) mass is 420 g/mol. The normalized spacial score (nSPS) is 24.0. The maximum Gasteiger partial charge on any atom is 0.230 e. The summed E-state index contributed by atoms with van der Waals surface area (Å²) in [6.07, 6.45) is 4.33. The molecule has 2 heterocycles. The van der Waals surface area contributed by atoms with Gasteiger partial charge in [-0.05, 0) is 60.3 Å². The third-order valence-corrected chi connectivity index (χ3v) is 7.62. The molecule has 0 bridgehead atoms. The number of hydrogen-bond donors (Lipinski definition) is 1. The fourth-order valence-electron chi connectivity index (χ4n) is 5.71. The molecule has 2 aromatic carbocycles. The Kier molecular flexibility index (Phi) is 5.28. The first kappa shape index (κ1) is 20.2. The van der Waals surface area contributed by atoms with Crippen LogP contribution in [0.15, 0.2) is 54.6 Å². The van der Waals surface area contributed by atoms with Gasteiger partial charge in [0.05, 0.1) is 5.92 Å². The average Bonchev–Trinajstić information content (AvgIpc) is 3.61. The highest BCUT2D eigenvalue weighted by molar-refractivity contribution is 5.85. The molecule has 2 aliphatic heterocycles. The maximum atomic E-state index is 13.5. The smallest absolute Gasteiger partial charge is 0.230 e. The number of nitrogens with zero attached hydrogens (tertiary/aromatic N) is 1. The largest absolute Gasteiger partial charge is 0.355 e. The Hall–Kier alpha value is -2.69. The van der Waals surface area contributed by atoms with Gasteiger partial charge in [0.1, 0.15) is 5.82 Å². The zero-order valence-electron chi connectivity index (χ0n) is 17.7. The summed E-state index contributed by atoms with van der Waals surface area (Å²) in [5.41, 5.74) is 2.02. The summed E-state index contributed by atoms with van der Waals surface area (Å²) in [6, 6.07) is 16.8. The minimum absolute atomic E-state index is 0.0437. The fourth-order valence-corrected chi connectivity index (χ4v) is 5.71. The minimum atomic E-state index is -0.245. The molecule has 162 valence electrons. The van der Waals surface area contributed by atoms with Crippen LogP contribution in [-0.2, 0) is 9.59 Å². The van der Waals surface area contributed by atoms with E-state index in [9.17, 15) is 14.0 Å². The Labute approximate surface area is 182 Å². The Morgan fingerprint density at radius 2 is 1.71 bits per heavy atom. The Bertz CT molecular complexity index is 947. The summed E-state index contributed by atoms with van der Waals surface area (Å²) in [5, 5.41) is 3.00. The highest BCUT2D eigenvalue weighted by Crippen LogP contribution is 2.50. The summed E-state index contributed by atoms with van der Waals surface area (Å²) in [6.45, 7) is 1.94. The van der Waals surface area contributed by atoms with E-state index in [1.54, 1.807) is 0 Å². The molecule has 1 saturated carbocycles. The van der Waals surface area contributed by atoms with E-state index in [0.717, 1.165) is 36.8 Å². The molecule has 2 amide bonds.